The van der Waals surface area contributed by atoms with Crippen molar-refractivity contribution in [2.75, 3.05) is 17.5 Å². The molecule has 9 nitrogen and oxygen atoms in total. The zero-order valence-corrected chi connectivity index (χ0v) is 24.9. The Morgan fingerprint density at radius 3 is 2.49 bits per heavy atom. The van der Waals surface area contributed by atoms with Crippen molar-refractivity contribution in [3.05, 3.63) is 77.0 Å². The highest BCUT2D eigenvalue weighted by Gasteiger charge is 2.43. The summed E-state index contributed by atoms with van der Waals surface area (Å²) in [5.41, 5.74) is -0.0509. The Balaban J connectivity index is 1.60. The molecule has 2 unspecified atom stereocenters. The second-order valence-corrected chi connectivity index (χ2v) is 13.6. The summed E-state index contributed by atoms with van der Waals surface area (Å²) in [6.45, 7) is 6.23. The molecular formula is C29H29Cl2N3O6S. The molecule has 0 spiro atoms. The number of aliphatic carboxylic acids is 1. The maximum absolute atomic E-state index is 14.1. The highest BCUT2D eigenvalue weighted by atomic mass is 35.5. The third-order valence-electron chi connectivity index (χ3n) is 6.76. The summed E-state index contributed by atoms with van der Waals surface area (Å²) < 4.78 is 42.4. The monoisotopic (exact) mass is 617 g/mol. The minimum Gasteiger partial charge on any atom is -0.488 e. The van der Waals surface area contributed by atoms with Crippen molar-refractivity contribution in [1.29, 1.82) is 0 Å². The number of rotatable bonds is 8. The van der Waals surface area contributed by atoms with E-state index in [1.165, 1.54) is 18.2 Å². The van der Waals surface area contributed by atoms with E-state index in [9.17, 15) is 18.3 Å². The predicted molar refractivity (Wildman–Crippen MR) is 158 cm³/mol. The molecule has 1 fully saturated rings. The summed E-state index contributed by atoms with van der Waals surface area (Å²) >= 11 is 12.3. The average Bonchev–Trinajstić information content (AvgIpc) is 3.55. The van der Waals surface area contributed by atoms with Crippen LogP contribution >= 0.6 is 23.2 Å². The molecule has 2 atom stereocenters. The zero-order valence-electron chi connectivity index (χ0n) is 22.6. The number of pyridine rings is 1. The second-order valence-electron chi connectivity index (χ2n) is 10.9. The molecule has 2 aromatic heterocycles. The van der Waals surface area contributed by atoms with Crippen LogP contribution in [0.2, 0.25) is 10.0 Å². The van der Waals surface area contributed by atoms with Gasteiger partial charge in [-0.1, -0.05) is 44.0 Å². The number of anilines is 1. The molecule has 0 bridgehead atoms. The quantitative estimate of drug-likeness (QED) is 0.251. The highest BCUT2D eigenvalue weighted by Crippen LogP contribution is 2.37. The zero-order chi connectivity index (χ0) is 29.5. The Labute approximate surface area is 248 Å². The minimum absolute atomic E-state index is 0.0125. The van der Waals surface area contributed by atoms with Gasteiger partial charge in [-0.2, -0.15) is 0 Å². The van der Waals surface area contributed by atoms with E-state index in [0.29, 0.717) is 30.2 Å². The molecule has 0 aliphatic carbocycles. The van der Waals surface area contributed by atoms with Crippen molar-refractivity contribution in [3.63, 3.8) is 0 Å². The number of sulfonamides is 1. The third-order valence-corrected chi connectivity index (χ3v) is 8.97. The Bertz CT molecular complexity index is 1690. The van der Waals surface area contributed by atoms with Crippen molar-refractivity contribution in [3.8, 4) is 11.6 Å². The normalized spacial score (nSPS) is 16.6. The van der Waals surface area contributed by atoms with Gasteiger partial charge in [0.15, 0.2) is 0 Å². The molecule has 0 radical (unpaired) electrons. The fourth-order valence-corrected chi connectivity index (χ4v) is 7.42. The highest BCUT2D eigenvalue weighted by molar-refractivity contribution is 7.93. The largest absolute Gasteiger partial charge is 0.488 e. The van der Waals surface area contributed by atoms with Gasteiger partial charge < -0.3 is 19.1 Å². The number of carboxylic acids is 1. The maximum Gasteiger partial charge on any atom is 0.328 e. The van der Waals surface area contributed by atoms with E-state index in [1.807, 2.05) is 22.9 Å². The summed E-state index contributed by atoms with van der Waals surface area (Å²) in [6.07, 6.45) is 4.28. The molecular weight excluding hydrogens is 589 g/mol. The first-order valence-corrected chi connectivity index (χ1v) is 15.1. The van der Waals surface area contributed by atoms with Crippen molar-refractivity contribution in [2.45, 2.75) is 44.2 Å². The van der Waals surface area contributed by atoms with Crippen LogP contribution in [0.15, 0.2) is 71.9 Å². The van der Waals surface area contributed by atoms with E-state index in [2.05, 4.69) is 4.98 Å². The molecule has 12 heteroatoms. The lowest BCUT2D eigenvalue weighted by Crippen LogP contribution is -2.52. The topological polar surface area (TPSA) is 111 Å². The van der Waals surface area contributed by atoms with Crippen molar-refractivity contribution in [2.24, 2.45) is 5.41 Å². The summed E-state index contributed by atoms with van der Waals surface area (Å²) in [7, 11) is -4.42. The Morgan fingerprint density at radius 2 is 1.85 bits per heavy atom. The SMILES string of the molecule is CC(C)(C)C(C(=O)O)N(c1ccc2c(ccn2-c2cc(OC3CCOC3)ccn2)c1)S(=O)(=O)c1cc(Cl)cc(Cl)c1. The lowest BCUT2D eigenvalue weighted by atomic mass is 9.86. The first-order valence-electron chi connectivity index (χ1n) is 12.9. The molecule has 3 heterocycles. The van der Waals surface area contributed by atoms with Gasteiger partial charge in [-0.25, -0.2) is 18.2 Å². The molecule has 1 saturated heterocycles. The standard InChI is InChI=1S/C29H29Cl2N3O6S/c1-29(2,3)27(28(35)36)34(41(37,38)24-14-19(30)13-20(31)15-24)21-4-5-25-18(12-21)7-10-33(25)26-16-22(6-9-32-26)40-23-8-11-39-17-23/h4-7,9-10,12-16,23,27H,8,11,17H2,1-3H3,(H,35,36). The molecule has 1 aliphatic heterocycles. The molecule has 4 aromatic rings. The molecule has 41 heavy (non-hydrogen) atoms. The number of aromatic nitrogens is 2. The van der Waals surface area contributed by atoms with Crippen molar-refractivity contribution in [1.82, 2.24) is 9.55 Å². The van der Waals surface area contributed by atoms with E-state index in [-0.39, 0.29) is 26.7 Å². The number of ether oxygens (including phenoxy) is 2. The van der Waals surface area contributed by atoms with Crippen LogP contribution in [0.5, 0.6) is 5.75 Å². The van der Waals surface area contributed by atoms with Gasteiger partial charge in [-0.05, 0) is 53.9 Å². The number of hydrogen-bond donors (Lipinski definition) is 1. The van der Waals surface area contributed by atoms with Crippen molar-refractivity contribution >= 4 is 55.8 Å². The smallest absolute Gasteiger partial charge is 0.328 e. The number of halogens is 2. The van der Waals surface area contributed by atoms with Gasteiger partial charge in [0.25, 0.3) is 10.0 Å². The van der Waals surface area contributed by atoms with Crippen LogP contribution in [0.4, 0.5) is 5.69 Å². The van der Waals surface area contributed by atoms with Crippen LogP contribution in [0, 0.1) is 5.41 Å². The first kappa shape index (κ1) is 29.2. The van der Waals surface area contributed by atoms with E-state index in [0.717, 1.165) is 16.2 Å². The number of carbonyl (C=O) groups is 1. The van der Waals surface area contributed by atoms with Gasteiger partial charge in [0.05, 0.1) is 29.3 Å². The summed E-state index contributed by atoms with van der Waals surface area (Å²) in [6, 6.07) is 12.9. The maximum atomic E-state index is 14.1. The Hall–Kier alpha value is -3.31. The Kier molecular flexibility index (Phi) is 7.95. The summed E-state index contributed by atoms with van der Waals surface area (Å²) in [4.78, 5) is 16.9. The van der Waals surface area contributed by atoms with Gasteiger partial charge >= 0.3 is 5.97 Å². The minimum atomic E-state index is -4.42. The summed E-state index contributed by atoms with van der Waals surface area (Å²) in [5, 5.41) is 11.2. The lowest BCUT2D eigenvalue weighted by Gasteiger charge is -2.37. The van der Waals surface area contributed by atoms with Crippen LogP contribution in [0.3, 0.4) is 0 Å². The Morgan fingerprint density at radius 1 is 1.12 bits per heavy atom. The number of fused-ring (bicyclic) bond motifs is 1. The average molecular weight is 619 g/mol. The van der Waals surface area contributed by atoms with E-state index in [4.69, 9.17) is 32.7 Å². The summed E-state index contributed by atoms with van der Waals surface area (Å²) in [5.74, 6) is -0.0169. The van der Waals surface area contributed by atoms with Crippen LogP contribution in [0.25, 0.3) is 16.7 Å². The van der Waals surface area contributed by atoms with Crippen LogP contribution in [-0.4, -0.2) is 54.4 Å². The van der Waals surface area contributed by atoms with Gasteiger partial charge in [0.2, 0.25) is 0 Å². The number of carboxylic acid groups (broad SMARTS) is 1. The molecule has 1 aliphatic rings. The molecule has 0 amide bonds. The van der Waals surface area contributed by atoms with E-state index >= 15 is 0 Å². The van der Waals surface area contributed by atoms with E-state index < -0.39 is 27.4 Å². The van der Waals surface area contributed by atoms with Gasteiger partial charge in [0.1, 0.15) is 23.7 Å². The van der Waals surface area contributed by atoms with Crippen molar-refractivity contribution < 1.29 is 27.8 Å². The lowest BCUT2D eigenvalue weighted by molar-refractivity contribution is -0.140. The number of nitrogens with zero attached hydrogens (tertiary/aromatic N) is 3. The van der Waals surface area contributed by atoms with Crippen LogP contribution < -0.4 is 9.04 Å². The number of benzene rings is 2. The van der Waals surface area contributed by atoms with Crippen LogP contribution in [0.1, 0.15) is 27.2 Å². The fourth-order valence-electron chi connectivity index (χ4n) is 4.91. The second kappa shape index (κ2) is 11.2. The molecule has 216 valence electrons. The third kappa shape index (κ3) is 6.01. The van der Waals surface area contributed by atoms with Gasteiger partial charge in [0, 0.05) is 40.3 Å². The molecule has 5 rings (SSSR count). The molecule has 2 aromatic carbocycles. The predicted octanol–water partition coefficient (Wildman–Crippen LogP) is 6.19. The van der Waals surface area contributed by atoms with Gasteiger partial charge in [-0.3, -0.25) is 4.31 Å². The van der Waals surface area contributed by atoms with E-state index in [1.54, 1.807) is 51.2 Å². The first-order chi connectivity index (χ1) is 19.3. The van der Waals surface area contributed by atoms with Crippen LogP contribution in [-0.2, 0) is 19.6 Å². The fraction of sp³-hybridized carbons (Fsp3) is 0.310. The molecule has 1 N–H and O–H groups in total. The number of hydrogen-bond acceptors (Lipinski definition) is 6. The van der Waals surface area contributed by atoms with Gasteiger partial charge in [-0.15, -0.1) is 0 Å². The molecule has 0 saturated carbocycles.